The highest BCUT2D eigenvalue weighted by molar-refractivity contribution is 5.30. The molecule has 2 fully saturated rings. The first kappa shape index (κ1) is 12.9. The minimum atomic E-state index is 0.278. The van der Waals surface area contributed by atoms with Crippen LogP contribution in [0, 0.1) is 0 Å². The summed E-state index contributed by atoms with van der Waals surface area (Å²) >= 11 is 0. The van der Waals surface area contributed by atoms with Crippen LogP contribution in [0.2, 0.25) is 0 Å². The zero-order valence-corrected chi connectivity index (χ0v) is 11.8. The number of rotatable bonds is 5. The molecule has 0 spiro atoms. The Morgan fingerprint density at radius 1 is 1.16 bits per heavy atom. The fourth-order valence-electron chi connectivity index (χ4n) is 2.78. The third-order valence-electron chi connectivity index (χ3n) is 4.01. The molecule has 1 aliphatic heterocycles. The lowest BCUT2D eigenvalue weighted by Gasteiger charge is -2.23. The van der Waals surface area contributed by atoms with E-state index in [4.69, 9.17) is 9.47 Å². The molecular weight excluding hydrogens is 238 g/mol. The summed E-state index contributed by atoms with van der Waals surface area (Å²) in [6.45, 7) is 2.15. The van der Waals surface area contributed by atoms with Gasteiger partial charge < -0.3 is 14.8 Å². The van der Waals surface area contributed by atoms with E-state index in [1.807, 2.05) is 7.05 Å². The zero-order chi connectivity index (χ0) is 13.2. The van der Waals surface area contributed by atoms with Crippen LogP contribution in [0.25, 0.3) is 0 Å². The lowest BCUT2D eigenvalue weighted by molar-refractivity contribution is 0.0333. The molecule has 1 heterocycles. The fourth-order valence-corrected chi connectivity index (χ4v) is 2.78. The van der Waals surface area contributed by atoms with Crippen molar-refractivity contribution < 1.29 is 9.47 Å². The van der Waals surface area contributed by atoms with Crippen LogP contribution < -0.4 is 10.1 Å². The van der Waals surface area contributed by atoms with E-state index in [9.17, 15) is 0 Å². The zero-order valence-electron chi connectivity index (χ0n) is 11.8. The number of ether oxygens (including phenoxy) is 2. The van der Waals surface area contributed by atoms with Crippen molar-refractivity contribution >= 4 is 0 Å². The smallest absolute Gasteiger partial charge is 0.119 e. The molecule has 1 N–H and O–H groups in total. The summed E-state index contributed by atoms with van der Waals surface area (Å²) in [5.41, 5.74) is 1.28. The highest BCUT2D eigenvalue weighted by Crippen LogP contribution is 2.32. The molecule has 3 rings (SSSR count). The molecule has 3 atom stereocenters. The molecule has 0 aromatic heterocycles. The van der Waals surface area contributed by atoms with Gasteiger partial charge in [-0.3, -0.25) is 0 Å². The monoisotopic (exact) mass is 261 g/mol. The highest BCUT2D eigenvalue weighted by Gasteiger charge is 2.30. The van der Waals surface area contributed by atoms with Crippen LogP contribution in [0.3, 0.4) is 0 Å². The summed E-state index contributed by atoms with van der Waals surface area (Å²) in [5, 5.41) is 3.39. The highest BCUT2D eigenvalue weighted by atomic mass is 16.5. The maximum absolute atomic E-state index is 5.98. The van der Waals surface area contributed by atoms with Gasteiger partial charge in [-0.05, 0) is 57.4 Å². The average molecular weight is 261 g/mol. The Balaban J connectivity index is 1.68. The maximum atomic E-state index is 5.98. The second kappa shape index (κ2) is 5.51. The second-order valence-electron chi connectivity index (χ2n) is 5.72. The molecule has 1 aliphatic carbocycles. The van der Waals surface area contributed by atoms with Crippen molar-refractivity contribution in [2.45, 2.75) is 57.0 Å². The molecule has 0 bridgehead atoms. The summed E-state index contributed by atoms with van der Waals surface area (Å²) in [6, 6.07) is 8.75. The van der Waals surface area contributed by atoms with Crippen LogP contribution in [-0.4, -0.2) is 25.4 Å². The van der Waals surface area contributed by atoms with Crippen molar-refractivity contribution in [1.82, 2.24) is 5.32 Å². The van der Waals surface area contributed by atoms with E-state index in [0.29, 0.717) is 12.2 Å². The van der Waals surface area contributed by atoms with Gasteiger partial charge in [-0.1, -0.05) is 12.1 Å². The van der Waals surface area contributed by atoms with Crippen LogP contribution in [0.1, 0.15) is 44.2 Å². The van der Waals surface area contributed by atoms with E-state index in [0.717, 1.165) is 18.6 Å². The maximum Gasteiger partial charge on any atom is 0.119 e. The minimum Gasteiger partial charge on any atom is -0.490 e. The SMILES string of the molecule is CNC(c1ccc(OC2CC2)cc1)C1CCC(C)O1. The first-order chi connectivity index (χ1) is 9.26. The lowest BCUT2D eigenvalue weighted by atomic mass is 9.99. The first-order valence-electron chi connectivity index (χ1n) is 7.35. The Bertz CT molecular complexity index is 413. The summed E-state index contributed by atoms with van der Waals surface area (Å²) < 4.78 is 11.8. The normalized spacial score (nSPS) is 28.3. The van der Waals surface area contributed by atoms with E-state index < -0.39 is 0 Å². The van der Waals surface area contributed by atoms with E-state index >= 15 is 0 Å². The Labute approximate surface area is 115 Å². The Morgan fingerprint density at radius 2 is 1.89 bits per heavy atom. The molecule has 1 saturated heterocycles. The van der Waals surface area contributed by atoms with Gasteiger partial charge in [0.1, 0.15) is 5.75 Å². The molecule has 2 aliphatic rings. The summed E-state index contributed by atoms with van der Waals surface area (Å²) in [4.78, 5) is 0. The molecular formula is C16H23NO2. The molecule has 0 amide bonds. The predicted octanol–water partition coefficient (Wildman–Crippen LogP) is 3.06. The van der Waals surface area contributed by atoms with E-state index in [1.54, 1.807) is 0 Å². The number of benzene rings is 1. The second-order valence-corrected chi connectivity index (χ2v) is 5.72. The average Bonchev–Trinajstić information content (AvgIpc) is 3.13. The quantitative estimate of drug-likeness (QED) is 0.883. The van der Waals surface area contributed by atoms with Crippen molar-refractivity contribution in [2.24, 2.45) is 0 Å². The Morgan fingerprint density at radius 3 is 2.42 bits per heavy atom. The molecule has 3 nitrogen and oxygen atoms in total. The van der Waals surface area contributed by atoms with Gasteiger partial charge in [-0.25, -0.2) is 0 Å². The Hall–Kier alpha value is -1.06. The third-order valence-corrected chi connectivity index (χ3v) is 4.01. The lowest BCUT2D eigenvalue weighted by Crippen LogP contribution is -2.29. The fraction of sp³-hybridized carbons (Fsp3) is 0.625. The van der Waals surface area contributed by atoms with Crippen LogP contribution in [0.15, 0.2) is 24.3 Å². The molecule has 1 aromatic carbocycles. The van der Waals surface area contributed by atoms with Crippen molar-refractivity contribution in [1.29, 1.82) is 0 Å². The summed E-state index contributed by atoms with van der Waals surface area (Å²) in [7, 11) is 2.01. The van der Waals surface area contributed by atoms with Gasteiger partial charge in [0.05, 0.1) is 24.4 Å². The number of nitrogens with one attached hydrogen (secondary N) is 1. The third kappa shape index (κ3) is 3.10. The predicted molar refractivity (Wildman–Crippen MR) is 75.5 cm³/mol. The Kier molecular flexibility index (Phi) is 3.76. The van der Waals surface area contributed by atoms with E-state index in [-0.39, 0.29) is 12.1 Å². The molecule has 0 radical (unpaired) electrons. The van der Waals surface area contributed by atoms with Crippen LogP contribution in [-0.2, 0) is 4.74 Å². The molecule has 3 heteroatoms. The summed E-state index contributed by atoms with van der Waals surface area (Å²) in [5.74, 6) is 0.988. The topological polar surface area (TPSA) is 30.5 Å². The summed E-state index contributed by atoms with van der Waals surface area (Å²) in [6.07, 6.45) is 5.83. The minimum absolute atomic E-state index is 0.278. The van der Waals surface area contributed by atoms with Gasteiger partial charge in [-0.2, -0.15) is 0 Å². The molecule has 1 saturated carbocycles. The van der Waals surface area contributed by atoms with E-state index in [2.05, 4.69) is 36.5 Å². The van der Waals surface area contributed by atoms with Crippen LogP contribution in [0.4, 0.5) is 0 Å². The van der Waals surface area contributed by atoms with Gasteiger partial charge in [0.2, 0.25) is 0 Å². The van der Waals surface area contributed by atoms with Gasteiger partial charge in [0.15, 0.2) is 0 Å². The molecule has 1 aromatic rings. The number of likely N-dealkylation sites (N-methyl/N-ethyl adjacent to an activating group) is 1. The van der Waals surface area contributed by atoms with Crippen molar-refractivity contribution in [3.63, 3.8) is 0 Å². The largest absolute Gasteiger partial charge is 0.490 e. The van der Waals surface area contributed by atoms with E-state index in [1.165, 1.54) is 18.4 Å². The molecule has 3 unspecified atom stereocenters. The van der Waals surface area contributed by atoms with Crippen LogP contribution >= 0.6 is 0 Å². The van der Waals surface area contributed by atoms with Gasteiger partial charge in [-0.15, -0.1) is 0 Å². The van der Waals surface area contributed by atoms with Gasteiger partial charge in [0, 0.05) is 0 Å². The van der Waals surface area contributed by atoms with Gasteiger partial charge in [0.25, 0.3) is 0 Å². The van der Waals surface area contributed by atoms with Crippen LogP contribution in [0.5, 0.6) is 5.75 Å². The molecule has 19 heavy (non-hydrogen) atoms. The standard InChI is InChI=1S/C16H23NO2/c1-11-3-10-15(18-11)16(17-2)12-4-6-13(7-5-12)19-14-8-9-14/h4-7,11,14-17H,3,8-10H2,1-2H3. The van der Waals surface area contributed by atoms with Crippen molar-refractivity contribution in [2.75, 3.05) is 7.05 Å². The number of hydrogen-bond donors (Lipinski definition) is 1. The first-order valence-corrected chi connectivity index (χ1v) is 7.35. The van der Waals surface area contributed by atoms with Gasteiger partial charge >= 0.3 is 0 Å². The number of hydrogen-bond acceptors (Lipinski definition) is 3. The molecule has 104 valence electrons. The van der Waals surface area contributed by atoms with Crippen molar-refractivity contribution in [3.05, 3.63) is 29.8 Å². The van der Waals surface area contributed by atoms with Crippen molar-refractivity contribution in [3.8, 4) is 5.75 Å².